The Hall–Kier alpha value is -3.19. The average molecular weight is 344 g/mol. The molecular weight excluding hydrogens is 334 g/mol. The molecule has 0 aliphatic rings. The lowest BCUT2D eigenvalue weighted by Crippen LogP contribution is -1.94. The molecule has 0 aliphatic heterocycles. The maximum Gasteiger partial charge on any atom is 0.287 e. The molecule has 0 spiro atoms. The van der Waals surface area contributed by atoms with E-state index in [1.165, 1.54) is 18.3 Å². The zero-order valence-electron chi connectivity index (χ0n) is 12.1. The van der Waals surface area contributed by atoms with E-state index in [2.05, 4.69) is 9.97 Å². The summed E-state index contributed by atoms with van der Waals surface area (Å²) in [6, 6.07) is 13.0. The second-order valence-electron chi connectivity index (χ2n) is 4.58. The number of halogens is 1. The third-order valence-electron chi connectivity index (χ3n) is 2.91. The van der Waals surface area contributed by atoms with Crippen molar-refractivity contribution in [3.63, 3.8) is 0 Å². The molecule has 0 saturated heterocycles. The molecule has 3 aromatic rings. The summed E-state index contributed by atoms with van der Waals surface area (Å²) in [7, 11) is 0. The van der Waals surface area contributed by atoms with E-state index in [1.807, 2.05) is 0 Å². The predicted molar refractivity (Wildman–Crippen MR) is 86.7 cm³/mol. The highest BCUT2D eigenvalue weighted by Gasteiger charge is 2.10. The number of nitrogens with zero attached hydrogens (tertiary/aromatic N) is 3. The van der Waals surface area contributed by atoms with Crippen LogP contribution >= 0.6 is 11.6 Å². The first-order valence-corrected chi connectivity index (χ1v) is 7.16. The summed E-state index contributed by atoms with van der Waals surface area (Å²) < 4.78 is 11.3. The topological polar surface area (TPSA) is 87.4 Å². The summed E-state index contributed by atoms with van der Waals surface area (Å²) >= 11 is 5.79. The first kappa shape index (κ1) is 15.7. The number of nitro groups is 1. The van der Waals surface area contributed by atoms with Gasteiger partial charge < -0.3 is 9.47 Å². The van der Waals surface area contributed by atoms with Crippen molar-refractivity contribution in [2.24, 2.45) is 0 Å². The van der Waals surface area contributed by atoms with Gasteiger partial charge in [0.15, 0.2) is 11.5 Å². The Morgan fingerprint density at radius 3 is 1.92 bits per heavy atom. The average Bonchev–Trinajstić information content (AvgIpc) is 2.59. The van der Waals surface area contributed by atoms with Gasteiger partial charge in [0.1, 0.15) is 6.20 Å². The van der Waals surface area contributed by atoms with Crippen LogP contribution in [0.1, 0.15) is 0 Å². The molecule has 0 bridgehead atoms. The van der Waals surface area contributed by atoms with Gasteiger partial charge in [-0.2, -0.15) is 0 Å². The second-order valence-corrected chi connectivity index (χ2v) is 5.01. The second kappa shape index (κ2) is 6.93. The molecule has 1 aromatic carbocycles. The van der Waals surface area contributed by atoms with Crippen molar-refractivity contribution in [1.82, 2.24) is 9.97 Å². The van der Waals surface area contributed by atoms with Gasteiger partial charge in [-0.25, -0.2) is 9.97 Å². The van der Waals surface area contributed by atoms with Crippen molar-refractivity contribution >= 4 is 17.3 Å². The van der Waals surface area contributed by atoms with Crippen LogP contribution in [-0.4, -0.2) is 14.9 Å². The summed E-state index contributed by atoms with van der Waals surface area (Å²) in [6.45, 7) is 0. The highest BCUT2D eigenvalue weighted by atomic mass is 35.5. The highest BCUT2D eigenvalue weighted by molar-refractivity contribution is 6.30. The van der Waals surface area contributed by atoms with E-state index in [0.717, 1.165) is 6.20 Å². The minimum absolute atomic E-state index is 0.114. The van der Waals surface area contributed by atoms with Crippen molar-refractivity contribution in [2.75, 3.05) is 0 Å². The van der Waals surface area contributed by atoms with E-state index >= 15 is 0 Å². The molecular formula is C16H10ClN3O4. The fourth-order valence-corrected chi connectivity index (χ4v) is 1.92. The predicted octanol–water partition coefficient (Wildman–Crippen LogP) is 4.62. The zero-order valence-corrected chi connectivity index (χ0v) is 12.9. The Bertz CT molecular complexity index is 854. The van der Waals surface area contributed by atoms with Gasteiger partial charge in [-0.1, -0.05) is 23.7 Å². The van der Waals surface area contributed by atoms with E-state index in [4.69, 9.17) is 21.1 Å². The third-order valence-corrected chi connectivity index (χ3v) is 3.13. The van der Waals surface area contributed by atoms with Gasteiger partial charge in [0, 0.05) is 24.4 Å². The van der Waals surface area contributed by atoms with Crippen LogP contribution in [-0.2, 0) is 0 Å². The third kappa shape index (κ3) is 3.76. The minimum Gasteiger partial charge on any atom is -0.435 e. The normalized spacial score (nSPS) is 10.2. The molecule has 0 amide bonds. The van der Waals surface area contributed by atoms with Crippen molar-refractivity contribution in [3.05, 3.63) is 76.1 Å². The SMILES string of the molecule is O=[N+]([O-])c1ccc(Oc2ccccc2Oc2ccc(Cl)cn2)nc1. The number of hydrogen-bond donors (Lipinski definition) is 0. The van der Waals surface area contributed by atoms with Crippen LogP contribution in [0.3, 0.4) is 0 Å². The monoisotopic (exact) mass is 343 g/mol. The zero-order chi connectivity index (χ0) is 16.9. The molecule has 0 N–H and O–H groups in total. The van der Waals surface area contributed by atoms with Crippen LogP contribution in [0.15, 0.2) is 60.9 Å². The highest BCUT2D eigenvalue weighted by Crippen LogP contribution is 2.33. The quantitative estimate of drug-likeness (QED) is 0.496. The number of aromatic nitrogens is 2. The van der Waals surface area contributed by atoms with Crippen LogP contribution in [0.5, 0.6) is 23.3 Å². The Kier molecular flexibility index (Phi) is 4.53. The van der Waals surface area contributed by atoms with Crippen LogP contribution in [0, 0.1) is 10.1 Å². The van der Waals surface area contributed by atoms with E-state index in [-0.39, 0.29) is 11.6 Å². The maximum atomic E-state index is 10.6. The number of para-hydroxylation sites is 2. The summed E-state index contributed by atoms with van der Waals surface area (Å²) in [5.41, 5.74) is -0.114. The fraction of sp³-hybridized carbons (Fsp3) is 0. The van der Waals surface area contributed by atoms with Gasteiger partial charge in [-0.15, -0.1) is 0 Å². The van der Waals surface area contributed by atoms with E-state index in [9.17, 15) is 10.1 Å². The summed E-state index contributed by atoms with van der Waals surface area (Å²) in [5, 5.41) is 11.1. The van der Waals surface area contributed by atoms with Crippen molar-refractivity contribution in [3.8, 4) is 23.3 Å². The Labute approximate surface area is 141 Å². The fourth-order valence-electron chi connectivity index (χ4n) is 1.81. The van der Waals surface area contributed by atoms with Crippen LogP contribution in [0.4, 0.5) is 5.69 Å². The molecule has 120 valence electrons. The van der Waals surface area contributed by atoms with Gasteiger partial charge in [-0.3, -0.25) is 10.1 Å². The molecule has 0 radical (unpaired) electrons. The Morgan fingerprint density at radius 2 is 1.46 bits per heavy atom. The molecule has 0 fully saturated rings. The van der Waals surface area contributed by atoms with Gasteiger partial charge in [0.2, 0.25) is 11.8 Å². The first-order valence-electron chi connectivity index (χ1n) is 6.78. The molecule has 2 aromatic heterocycles. The van der Waals surface area contributed by atoms with Crippen LogP contribution in [0.2, 0.25) is 5.02 Å². The lowest BCUT2D eigenvalue weighted by molar-refractivity contribution is -0.385. The number of pyridine rings is 2. The van der Waals surface area contributed by atoms with E-state index < -0.39 is 4.92 Å². The van der Waals surface area contributed by atoms with E-state index in [0.29, 0.717) is 22.4 Å². The standard InChI is InChI=1S/C16H10ClN3O4/c17-11-5-7-15(18-9-11)23-13-3-1-2-4-14(13)24-16-8-6-12(10-19-16)20(21)22/h1-10H. The lowest BCUT2D eigenvalue weighted by Gasteiger charge is -2.10. The molecule has 7 nitrogen and oxygen atoms in total. The molecule has 0 aliphatic carbocycles. The molecule has 8 heteroatoms. The molecule has 2 heterocycles. The number of benzene rings is 1. The van der Waals surface area contributed by atoms with Crippen LogP contribution < -0.4 is 9.47 Å². The number of hydrogen-bond acceptors (Lipinski definition) is 6. The summed E-state index contributed by atoms with van der Waals surface area (Å²) in [5.74, 6) is 1.39. The number of ether oxygens (including phenoxy) is 2. The number of rotatable bonds is 5. The van der Waals surface area contributed by atoms with Crippen molar-refractivity contribution < 1.29 is 14.4 Å². The first-order chi connectivity index (χ1) is 11.6. The molecule has 3 rings (SSSR count). The lowest BCUT2D eigenvalue weighted by atomic mass is 10.3. The van der Waals surface area contributed by atoms with Gasteiger partial charge in [0.25, 0.3) is 5.69 Å². The van der Waals surface area contributed by atoms with Gasteiger partial charge in [0.05, 0.1) is 9.95 Å². The Balaban J connectivity index is 1.81. The van der Waals surface area contributed by atoms with Gasteiger partial charge >= 0.3 is 0 Å². The molecule has 0 saturated carbocycles. The summed E-state index contributed by atoms with van der Waals surface area (Å²) in [4.78, 5) is 18.1. The largest absolute Gasteiger partial charge is 0.435 e. The molecule has 0 atom stereocenters. The smallest absolute Gasteiger partial charge is 0.287 e. The van der Waals surface area contributed by atoms with Crippen molar-refractivity contribution in [1.29, 1.82) is 0 Å². The molecule has 0 unspecified atom stereocenters. The van der Waals surface area contributed by atoms with Crippen LogP contribution in [0.25, 0.3) is 0 Å². The Morgan fingerprint density at radius 1 is 0.875 bits per heavy atom. The molecule has 24 heavy (non-hydrogen) atoms. The van der Waals surface area contributed by atoms with Crippen molar-refractivity contribution in [2.45, 2.75) is 0 Å². The maximum absolute atomic E-state index is 10.6. The van der Waals surface area contributed by atoms with Gasteiger partial charge in [-0.05, 0) is 18.2 Å². The summed E-state index contributed by atoms with van der Waals surface area (Å²) in [6.07, 6.45) is 2.60. The van der Waals surface area contributed by atoms with E-state index in [1.54, 1.807) is 36.4 Å². The minimum atomic E-state index is -0.528.